The number of ether oxygens (including phenoxy) is 1. The number of allylic oxidation sites excluding steroid dienone is 1. The van der Waals surface area contributed by atoms with Crippen molar-refractivity contribution in [3.63, 3.8) is 0 Å². The lowest BCUT2D eigenvalue weighted by Gasteiger charge is -2.58. The minimum atomic E-state index is 0.0550. The molecule has 3 saturated carbocycles. The Morgan fingerprint density at radius 2 is 1.64 bits per heavy atom. The molecule has 2 nitrogen and oxygen atoms in total. The zero-order chi connectivity index (χ0) is 28.0. The van der Waals surface area contributed by atoms with Crippen molar-refractivity contribution in [2.45, 2.75) is 170 Å². The van der Waals surface area contributed by atoms with Crippen LogP contribution >= 0.6 is 0 Å². The van der Waals surface area contributed by atoms with Crippen LogP contribution in [0.25, 0.3) is 0 Å². The topological polar surface area (TPSA) is 26.3 Å². The maximum Gasteiger partial charge on any atom is 0.306 e. The summed E-state index contributed by atoms with van der Waals surface area (Å²) < 4.78 is 6.06. The highest BCUT2D eigenvalue weighted by Gasteiger charge is 2.59. The Hall–Kier alpha value is -0.790. The third kappa shape index (κ3) is 7.17. The smallest absolute Gasteiger partial charge is 0.306 e. The first kappa shape index (κ1) is 31.2. The van der Waals surface area contributed by atoms with Crippen LogP contribution in [-0.4, -0.2) is 12.1 Å². The molecule has 4 aliphatic rings. The summed E-state index contributed by atoms with van der Waals surface area (Å²) in [5.74, 6) is 5.34. The van der Waals surface area contributed by atoms with E-state index in [1.165, 1.54) is 96.3 Å². The molecule has 39 heavy (non-hydrogen) atoms. The summed E-state index contributed by atoms with van der Waals surface area (Å²) in [5.41, 5.74) is 2.54. The summed E-state index contributed by atoms with van der Waals surface area (Å²) >= 11 is 0. The van der Waals surface area contributed by atoms with Gasteiger partial charge in [-0.3, -0.25) is 4.79 Å². The van der Waals surface area contributed by atoms with Gasteiger partial charge in [-0.25, -0.2) is 0 Å². The van der Waals surface area contributed by atoms with E-state index >= 15 is 0 Å². The molecule has 224 valence electrons. The standard InChI is InChI=1S/C37H64O2/c1-7-8-9-10-11-12-13-17-35(38)39-30-22-24-36(5)29(26-30)18-19-31-33-21-20-32(28(4)16-14-15-27(2)3)37(33,6)25-23-34(31)36/h18,27-28,30-34H,7-17,19-26H2,1-6H3/t28-,30+,31+,32-,33-,34-,36+,37-/m1/s1. The average Bonchev–Trinajstić information content (AvgIpc) is 3.25. The van der Waals surface area contributed by atoms with Crippen molar-refractivity contribution in [2.75, 3.05) is 0 Å². The fourth-order valence-corrected chi connectivity index (χ4v) is 10.2. The largest absolute Gasteiger partial charge is 0.462 e. The summed E-state index contributed by atoms with van der Waals surface area (Å²) in [5, 5.41) is 0. The van der Waals surface area contributed by atoms with Gasteiger partial charge in [-0.05, 0) is 97.7 Å². The van der Waals surface area contributed by atoms with Gasteiger partial charge in [0.1, 0.15) is 6.10 Å². The number of hydrogen-bond donors (Lipinski definition) is 0. The molecule has 0 spiro atoms. The van der Waals surface area contributed by atoms with Gasteiger partial charge in [0.15, 0.2) is 0 Å². The molecule has 8 atom stereocenters. The first-order valence-electron chi connectivity index (χ1n) is 17.6. The molecule has 4 rings (SSSR count). The van der Waals surface area contributed by atoms with Crippen LogP contribution in [-0.2, 0) is 9.53 Å². The first-order valence-corrected chi connectivity index (χ1v) is 17.6. The maximum atomic E-state index is 12.6. The van der Waals surface area contributed by atoms with Crippen LogP contribution in [0.3, 0.4) is 0 Å². The second-order valence-corrected chi connectivity index (χ2v) is 15.5. The highest BCUT2D eigenvalue weighted by Crippen LogP contribution is 2.67. The van der Waals surface area contributed by atoms with Crippen LogP contribution in [0.4, 0.5) is 0 Å². The molecule has 4 aliphatic carbocycles. The van der Waals surface area contributed by atoms with Crippen LogP contribution in [0, 0.1) is 46.3 Å². The minimum Gasteiger partial charge on any atom is -0.462 e. The quantitative estimate of drug-likeness (QED) is 0.124. The molecule has 0 saturated heterocycles. The van der Waals surface area contributed by atoms with E-state index < -0.39 is 0 Å². The molecule has 0 bridgehead atoms. The van der Waals surface area contributed by atoms with Crippen LogP contribution in [0.5, 0.6) is 0 Å². The van der Waals surface area contributed by atoms with E-state index in [0.29, 0.717) is 17.3 Å². The SMILES string of the molecule is CCCCCCCCCC(=O)O[C@H]1CC[C@@]2(C)C(=CC[C@H]3[C@H]4CC[C@H]([C@H](C)CCCC(C)C)[C@@]4(C)CC[C@H]32)C1. The highest BCUT2D eigenvalue weighted by molar-refractivity contribution is 5.69. The number of carbonyl (C=O) groups excluding carboxylic acids is 1. The fraction of sp³-hybridized carbons (Fsp3) is 0.919. The van der Waals surface area contributed by atoms with Gasteiger partial charge in [-0.15, -0.1) is 0 Å². The number of fused-ring (bicyclic) bond motifs is 5. The Morgan fingerprint density at radius 1 is 0.897 bits per heavy atom. The lowest BCUT2D eigenvalue weighted by atomic mass is 9.47. The third-order valence-electron chi connectivity index (χ3n) is 12.5. The van der Waals surface area contributed by atoms with E-state index in [1.807, 2.05) is 0 Å². The van der Waals surface area contributed by atoms with Crippen molar-refractivity contribution in [2.24, 2.45) is 46.3 Å². The van der Waals surface area contributed by atoms with E-state index in [2.05, 4.69) is 47.6 Å². The van der Waals surface area contributed by atoms with E-state index in [9.17, 15) is 4.79 Å². The minimum absolute atomic E-state index is 0.0550. The molecule has 0 heterocycles. The third-order valence-corrected chi connectivity index (χ3v) is 12.5. The van der Waals surface area contributed by atoms with Gasteiger partial charge >= 0.3 is 5.97 Å². The lowest BCUT2D eigenvalue weighted by Crippen LogP contribution is -2.51. The van der Waals surface area contributed by atoms with Crippen LogP contribution in [0.15, 0.2) is 11.6 Å². The summed E-state index contributed by atoms with van der Waals surface area (Å²) in [6.45, 7) is 14.9. The van der Waals surface area contributed by atoms with Gasteiger partial charge in [0.25, 0.3) is 0 Å². The Labute approximate surface area is 242 Å². The Kier molecular flexibility index (Phi) is 11.1. The summed E-state index contributed by atoms with van der Waals surface area (Å²) in [6, 6.07) is 0. The molecule has 0 aromatic heterocycles. The van der Waals surface area contributed by atoms with Crippen molar-refractivity contribution in [1.82, 2.24) is 0 Å². The summed E-state index contributed by atoms with van der Waals surface area (Å²) in [4.78, 5) is 12.6. The molecule has 0 aliphatic heterocycles. The molecule has 0 aromatic carbocycles. The van der Waals surface area contributed by atoms with Gasteiger partial charge in [0.05, 0.1) is 0 Å². The van der Waals surface area contributed by atoms with Gasteiger partial charge < -0.3 is 4.74 Å². The van der Waals surface area contributed by atoms with E-state index in [-0.39, 0.29) is 12.1 Å². The second kappa shape index (κ2) is 13.9. The number of carbonyl (C=O) groups is 1. The van der Waals surface area contributed by atoms with Gasteiger partial charge in [0, 0.05) is 12.8 Å². The molecule has 0 radical (unpaired) electrons. The summed E-state index contributed by atoms with van der Waals surface area (Å²) in [6.07, 6.45) is 26.7. The molecule has 0 aromatic rings. The van der Waals surface area contributed by atoms with Crippen molar-refractivity contribution >= 4 is 5.97 Å². The Balaban J connectivity index is 1.29. The Morgan fingerprint density at radius 3 is 2.38 bits per heavy atom. The maximum absolute atomic E-state index is 12.6. The zero-order valence-electron chi connectivity index (χ0n) is 26.9. The average molecular weight is 541 g/mol. The number of esters is 1. The van der Waals surface area contributed by atoms with Crippen LogP contribution in [0.2, 0.25) is 0 Å². The first-order chi connectivity index (χ1) is 18.7. The Bertz CT molecular complexity index is 812. The molecule has 3 fully saturated rings. The van der Waals surface area contributed by atoms with Gasteiger partial charge in [0.2, 0.25) is 0 Å². The monoisotopic (exact) mass is 540 g/mol. The van der Waals surface area contributed by atoms with Crippen molar-refractivity contribution < 1.29 is 9.53 Å². The molecular weight excluding hydrogens is 476 g/mol. The van der Waals surface area contributed by atoms with Crippen LogP contribution in [0.1, 0.15) is 164 Å². The lowest BCUT2D eigenvalue weighted by molar-refractivity contribution is -0.151. The highest BCUT2D eigenvalue weighted by atomic mass is 16.5. The van der Waals surface area contributed by atoms with Gasteiger partial charge in [-0.1, -0.05) is 111 Å². The van der Waals surface area contributed by atoms with E-state index in [1.54, 1.807) is 5.57 Å². The number of rotatable bonds is 14. The summed E-state index contributed by atoms with van der Waals surface area (Å²) in [7, 11) is 0. The predicted molar refractivity (Wildman–Crippen MR) is 166 cm³/mol. The van der Waals surface area contributed by atoms with Crippen molar-refractivity contribution in [3.05, 3.63) is 11.6 Å². The van der Waals surface area contributed by atoms with Crippen molar-refractivity contribution in [3.8, 4) is 0 Å². The zero-order valence-corrected chi connectivity index (χ0v) is 26.9. The fourth-order valence-electron chi connectivity index (χ4n) is 10.2. The number of unbranched alkanes of at least 4 members (excludes halogenated alkanes) is 6. The van der Waals surface area contributed by atoms with Crippen molar-refractivity contribution in [1.29, 1.82) is 0 Å². The molecule has 0 amide bonds. The van der Waals surface area contributed by atoms with Gasteiger partial charge in [-0.2, -0.15) is 0 Å². The predicted octanol–water partition coefficient (Wildman–Crippen LogP) is 11.1. The van der Waals surface area contributed by atoms with E-state index in [4.69, 9.17) is 4.74 Å². The molecular formula is C37H64O2. The molecule has 2 heteroatoms. The molecule has 0 unspecified atom stereocenters. The molecule has 0 N–H and O–H groups in total. The van der Waals surface area contributed by atoms with E-state index in [0.717, 1.165) is 54.8 Å². The number of hydrogen-bond acceptors (Lipinski definition) is 2. The van der Waals surface area contributed by atoms with Crippen LogP contribution < -0.4 is 0 Å². The second-order valence-electron chi connectivity index (χ2n) is 15.5. The normalized spacial score (nSPS) is 36.6.